The summed E-state index contributed by atoms with van der Waals surface area (Å²) in [7, 11) is 0. The number of aromatic nitrogens is 4. The number of nitrogens with one attached hydrogen (secondary N) is 5. The quantitative estimate of drug-likeness (QED) is 0.0473. The summed E-state index contributed by atoms with van der Waals surface area (Å²) < 4.78 is 1.83. The molecule has 1 fully saturated rings. The number of aliphatic carboxylic acids is 4. The zero-order valence-corrected chi connectivity index (χ0v) is 34.7. The predicted molar refractivity (Wildman–Crippen MR) is 223 cm³/mol. The number of rotatable bonds is 24. The predicted octanol–water partition coefficient (Wildman–Crippen LogP) is -1.29. The van der Waals surface area contributed by atoms with Crippen molar-refractivity contribution in [2.24, 2.45) is 0 Å². The van der Waals surface area contributed by atoms with E-state index in [1.54, 1.807) is 51.5 Å². The highest BCUT2D eigenvalue weighted by Gasteiger charge is 2.23. The Morgan fingerprint density at radius 2 is 1.29 bits per heavy atom. The molecule has 4 rings (SSSR count). The van der Waals surface area contributed by atoms with Crippen LogP contribution in [0.2, 0.25) is 0 Å². The molecule has 1 aromatic carbocycles. The minimum absolute atomic E-state index is 0.0197. The Balaban J connectivity index is 1.15. The lowest BCUT2D eigenvalue weighted by molar-refractivity contribution is -0.141. The number of anilines is 1. The second-order valence-corrected chi connectivity index (χ2v) is 15.0. The van der Waals surface area contributed by atoms with Crippen molar-refractivity contribution >= 4 is 58.5 Å². The van der Waals surface area contributed by atoms with Gasteiger partial charge in [0, 0.05) is 108 Å². The molecule has 1 atom stereocenters. The first-order valence-corrected chi connectivity index (χ1v) is 20.6. The zero-order chi connectivity index (χ0) is 44.9. The van der Waals surface area contributed by atoms with E-state index >= 15 is 0 Å². The number of imidazole rings is 1. The second-order valence-electron chi connectivity index (χ2n) is 15.0. The molecule has 1 unspecified atom stereocenters. The van der Waals surface area contributed by atoms with Crippen LogP contribution in [0.3, 0.4) is 0 Å². The first-order chi connectivity index (χ1) is 29.7. The molecular formula is C39H58N12O11. The van der Waals surface area contributed by atoms with Gasteiger partial charge in [-0.15, -0.1) is 0 Å². The monoisotopic (exact) mass is 870 g/mol. The van der Waals surface area contributed by atoms with Crippen molar-refractivity contribution in [3.05, 3.63) is 42.4 Å². The number of amides is 3. The highest BCUT2D eigenvalue weighted by atomic mass is 16.4. The molecule has 62 heavy (non-hydrogen) atoms. The van der Waals surface area contributed by atoms with Crippen LogP contribution in [0.15, 0.2) is 36.8 Å². The van der Waals surface area contributed by atoms with Crippen LogP contribution in [0.1, 0.15) is 42.5 Å². The smallest absolute Gasteiger partial charge is 0.328 e. The number of carbonyl (C=O) groups excluding carboxylic acids is 3. The Kier molecular flexibility index (Phi) is 20.0. The lowest BCUT2D eigenvalue weighted by Gasteiger charge is -2.32. The van der Waals surface area contributed by atoms with Gasteiger partial charge in [-0.1, -0.05) is 6.42 Å². The Morgan fingerprint density at radius 3 is 1.84 bits per heavy atom. The van der Waals surface area contributed by atoms with Crippen molar-refractivity contribution in [1.82, 2.24) is 55.3 Å². The molecule has 3 aromatic rings. The fraction of sp³-hybridized carbons (Fsp3) is 0.564. The maximum atomic E-state index is 12.9. The van der Waals surface area contributed by atoms with Crippen molar-refractivity contribution < 1.29 is 54.0 Å². The molecule has 0 bridgehead atoms. The summed E-state index contributed by atoms with van der Waals surface area (Å²) in [6, 6.07) is 3.72. The van der Waals surface area contributed by atoms with Crippen molar-refractivity contribution in [3.8, 4) is 0 Å². The topological polar surface area (TPSA) is 308 Å². The molecule has 2 aromatic heterocycles. The van der Waals surface area contributed by atoms with E-state index in [0.29, 0.717) is 63.5 Å². The number of carboxylic acids is 4. The molecule has 0 radical (unpaired) electrons. The molecule has 3 amide bonds. The van der Waals surface area contributed by atoms with E-state index in [0.717, 1.165) is 17.3 Å². The third-order valence-electron chi connectivity index (χ3n) is 10.1. The normalized spacial score (nSPS) is 15.5. The molecule has 23 nitrogen and oxygen atoms in total. The number of hydrogen-bond donors (Lipinski definition) is 9. The van der Waals surface area contributed by atoms with Crippen molar-refractivity contribution in [2.75, 3.05) is 103 Å². The molecule has 1 saturated heterocycles. The van der Waals surface area contributed by atoms with Crippen LogP contribution < -0.4 is 21.3 Å². The summed E-state index contributed by atoms with van der Waals surface area (Å²) in [6.07, 6.45) is 7.38. The number of nitrogens with zero attached hydrogens (tertiary/aromatic N) is 7. The van der Waals surface area contributed by atoms with Gasteiger partial charge >= 0.3 is 23.9 Å². The van der Waals surface area contributed by atoms with Crippen LogP contribution in [-0.4, -0.2) is 206 Å². The van der Waals surface area contributed by atoms with E-state index < -0.39 is 41.7 Å². The Labute approximate surface area is 357 Å². The van der Waals surface area contributed by atoms with E-state index in [-0.39, 0.29) is 84.3 Å². The molecular weight excluding hydrogens is 813 g/mol. The van der Waals surface area contributed by atoms with Crippen molar-refractivity contribution in [3.63, 3.8) is 0 Å². The molecule has 9 N–H and O–H groups in total. The van der Waals surface area contributed by atoms with Gasteiger partial charge < -0.3 is 46.7 Å². The van der Waals surface area contributed by atoms with Gasteiger partial charge in [0.2, 0.25) is 11.8 Å². The van der Waals surface area contributed by atoms with E-state index in [2.05, 4.69) is 36.3 Å². The first-order valence-electron chi connectivity index (χ1n) is 20.6. The van der Waals surface area contributed by atoms with Gasteiger partial charge in [-0.2, -0.15) is 5.10 Å². The lowest BCUT2D eigenvalue weighted by atomic mass is 10.1. The van der Waals surface area contributed by atoms with Crippen LogP contribution >= 0.6 is 0 Å². The van der Waals surface area contributed by atoms with Crippen molar-refractivity contribution in [2.45, 2.75) is 44.7 Å². The van der Waals surface area contributed by atoms with Crippen molar-refractivity contribution in [1.29, 1.82) is 0 Å². The Bertz CT molecular complexity index is 1910. The number of aromatic amines is 1. The molecule has 0 saturated carbocycles. The van der Waals surface area contributed by atoms with Crippen LogP contribution in [0.5, 0.6) is 0 Å². The average molecular weight is 871 g/mol. The number of aryl methyl sites for hydroxylation is 1. The number of unbranched alkanes of at least 4 members (excludes halogenated alkanes) is 2. The fourth-order valence-corrected chi connectivity index (χ4v) is 6.83. The van der Waals surface area contributed by atoms with E-state index in [1.807, 2.05) is 9.58 Å². The molecule has 340 valence electrons. The number of carbonyl (C=O) groups is 7. The molecule has 1 aliphatic rings. The highest BCUT2D eigenvalue weighted by molar-refractivity contribution is 5.98. The fourth-order valence-electron chi connectivity index (χ4n) is 6.83. The maximum absolute atomic E-state index is 12.9. The number of carboxylic acid groups (broad SMARTS) is 4. The molecule has 23 heteroatoms. The highest BCUT2D eigenvalue weighted by Crippen LogP contribution is 2.16. The van der Waals surface area contributed by atoms with Gasteiger partial charge in [-0.05, 0) is 37.5 Å². The van der Waals surface area contributed by atoms with E-state index in [9.17, 15) is 54.0 Å². The molecule has 0 aliphatic carbocycles. The number of fused-ring (bicyclic) bond motifs is 1. The Hall–Kier alpha value is -6.17. The SMILES string of the molecule is O=C(O)CN1CCN(CC(=O)O)CCN(CC(=O)NCCCCCC(=O)NC(CNC(=O)c2ccc3c(cnn3CCCNc3ncc[nH]3)c2)C(=O)O)CCN(CC(=O)O)CC1. The summed E-state index contributed by atoms with van der Waals surface area (Å²) in [4.78, 5) is 98.7. The zero-order valence-electron chi connectivity index (χ0n) is 34.7. The molecule has 0 spiro atoms. The van der Waals surface area contributed by atoms with E-state index in [4.69, 9.17) is 0 Å². The van der Waals surface area contributed by atoms with Gasteiger partial charge in [0.05, 0.1) is 37.9 Å². The van der Waals surface area contributed by atoms with Gasteiger partial charge in [-0.25, -0.2) is 9.78 Å². The van der Waals surface area contributed by atoms with Gasteiger partial charge in [0.15, 0.2) is 5.95 Å². The summed E-state index contributed by atoms with van der Waals surface area (Å²) in [5.41, 5.74) is 1.16. The largest absolute Gasteiger partial charge is 0.480 e. The summed E-state index contributed by atoms with van der Waals surface area (Å²) >= 11 is 0. The third kappa shape index (κ3) is 17.8. The van der Waals surface area contributed by atoms with Crippen LogP contribution in [0.4, 0.5) is 5.95 Å². The minimum Gasteiger partial charge on any atom is -0.480 e. The summed E-state index contributed by atoms with van der Waals surface area (Å²) in [6.45, 7) is 2.74. The summed E-state index contributed by atoms with van der Waals surface area (Å²) in [5, 5.41) is 54.1. The third-order valence-corrected chi connectivity index (χ3v) is 10.1. The van der Waals surface area contributed by atoms with Crippen LogP contribution in [0, 0.1) is 0 Å². The first kappa shape index (κ1) is 48.5. The Morgan fingerprint density at radius 1 is 0.694 bits per heavy atom. The number of benzene rings is 1. The van der Waals surface area contributed by atoms with Gasteiger partial charge in [-0.3, -0.25) is 53.0 Å². The molecule has 1 aliphatic heterocycles. The molecule has 3 heterocycles. The van der Waals surface area contributed by atoms with Crippen LogP contribution in [-0.2, 0) is 35.3 Å². The second kappa shape index (κ2) is 25.6. The van der Waals surface area contributed by atoms with Gasteiger partial charge in [0.25, 0.3) is 5.91 Å². The number of H-pyrrole nitrogens is 1. The maximum Gasteiger partial charge on any atom is 0.328 e. The number of hydrogen-bond acceptors (Lipinski definition) is 14. The van der Waals surface area contributed by atoms with Gasteiger partial charge in [0.1, 0.15) is 6.04 Å². The average Bonchev–Trinajstić information content (AvgIpc) is 3.89. The standard InChI is InChI=1S/C39H58N12O11/c52-32(46-30(38(61)62)23-44-37(60)28-6-7-31-29(21-28)22-45-51(31)12-4-9-41-39-42-10-11-43-39)5-2-1-3-8-40-33(53)24-47-13-15-48(25-34(54)55)17-19-50(27-36(58)59)20-18-49(16-14-47)26-35(56)57/h6-7,10-11,21-22,30H,1-5,8-9,12-20,23-27H2,(H,40,53)(H,44,60)(H,46,52)(H,54,55)(H,56,57)(H,58,59)(H,61,62)(H2,41,42,43). The lowest BCUT2D eigenvalue weighted by Crippen LogP contribution is -2.49. The van der Waals surface area contributed by atoms with E-state index in [1.165, 1.54) is 0 Å². The summed E-state index contributed by atoms with van der Waals surface area (Å²) in [5.74, 6) is -5.03. The minimum atomic E-state index is -1.35. The van der Waals surface area contributed by atoms with Crippen LogP contribution in [0.25, 0.3) is 10.9 Å².